The highest BCUT2D eigenvalue weighted by molar-refractivity contribution is 5.64. The van der Waals surface area contributed by atoms with Crippen molar-refractivity contribution in [1.82, 2.24) is 14.4 Å². The molecule has 17 heavy (non-hydrogen) atoms. The van der Waals surface area contributed by atoms with Gasteiger partial charge in [-0.25, -0.2) is 9.97 Å². The molecule has 2 heterocycles. The van der Waals surface area contributed by atoms with Gasteiger partial charge in [0.1, 0.15) is 5.82 Å². The largest absolute Gasteiger partial charge is 0.396 e. The van der Waals surface area contributed by atoms with E-state index in [9.17, 15) is 5.11 Å². The second kappa shape index (κ2) is 4.21. The van der Waals surface area contributed by atoms with Gasteiger partial charge in [0, 0.05) is 31.0 Å². The van der Waals surface area contributed by atoms with E-state index in [1.54, 1.807) is 12.4 Å². The molecule has 0 unspecified atom stereocenters. The molecule has 0 bridgehead atoms. The number of imidazole rings is 1. The third kappa shape index (κ3) is 2.47. The van der Waals surface area contributed by atoms with Crippen molar-refractivity contribution in [2.45, 2.75) is 13.8 Å². The van der Waals surface area contributed by atoms with E-state index < -0.39 is 0 Å². The van der Waals surface area contributed by atoms with Crippen LogP contribution in [0.15, 0.2) is 18.6 Å². The first-order valence-electron chi connectivity index (χ1n) is 5.46. The quantitative estimate of drug-likeness (QED) is 0.727. The Kier molecular flexibility index (Phi) is 2.89. The van der Waals surface area contributed by atoms with Crippen LogP contribution in [0.2, 0.25) is 0 Å². The second-order valence-corrected chi connectivity index (χ2v) is 4.85. The Morgan fingerprint density at radius 1 is 1.53 bits per heavy atom. The van der Waals surface area contributed by atoms with Crippen molar-refractivity contribution in [3.8, 4) is 0 Å². The number of hydrogen-bond acceptors (Lipinski definition) is 5. The summed E-state index contributed by atoms with van der Waals surface area (Å²) in [5.41, 5.74) is 6.22. The molecule has 0 aliphatic carbocycles. The zero-order chi connectivity index (χ0) is 12.5. The molecule has 6 nitrogen and oxygen atoms in total. The summed E-state index contributed by atoms with van der Waals surface area (Å²) in [5, 5.41) is 12.4. The lowest BCUT2D eigenvalue weighted by atomic mass is 9.95. The van der Waals surface area contributed by atoms with E-state index >= 15 is 0 Å². The highest BCUT2D eigenvalue weighted by atomic mass is 16.3. The highest BCUT2D eigenvalue weighted by Gasteiger charge is 2.17. The zero-order valence-corrected chi connectivity index (χ0v) is 10.0. The number of nitrogens with zero attached hydrogens (tertiary/aromatic N) is 3. The molecular formula is C11H17N5O. The van der Waals surface area contributed by atoms with Crippen LogP contribution in [0, 0.1) is 5.41 Å². The Balaban J connectivity index is 2.26. The minimum atomic E-state index is -0.212. The van der Waals surface area contributed by atoms with Crippen LogP contribution in [0.4, 0.5) is 11.6 Å². The molecular weight excluding hydrogens is 218 g/mol. The Labute approximate surface area is 99.5 Å². The van der Waals surface area contributed by atoms with Crippen molar-refractivity contribution in [2.75, 3.05) is 24.2 Å². The number of hydrogen-bond donors (Lipinski definition) is 3. The molecule has 0 radical (unpaired) electrons. The van der Waals surface area contributed by atoms with Crippen molar-refractivity contribution < 1.29 is 5.11 Å². The smallest absolute Gasteiger partial charge is 0.180 e. The maximum absolute atomic E-state index is 9.19. The van der Waals surface area contributed by atoms with Crippen molar-refractivity contribution in [1.29, 1.82) is 0 Å². The summed E-state index contributed by atoms with van der Waals surface area (Å²) >= 11 is 0. The standard InChI is InChI=1S/C11H17N5O/c1-11(2,7-17)6-14-9-10-13-3-4-16(10)5-8(12)15-9/h3-5,17H,6-7,12H2,1-2H3,(H,14,15). The van der Waals surface area contributed by atoms with Gasteiger partial charge in [0.15, 0.2) is 11.5 Å². The molecule has 0 spiro atoms. The van der Waals surface area contributed by atoms with Gasteiger partial charge in [0.05, 0.1) is 6.20 Å². The predicted octanol–water partition coefficient (Wildman–Crippen LogP) is 0.742. The highest BCUT2D eigenvalue weighted by Crippen LogP contribution is 2.18. The number of nitrogens with two attached hydrogens (primary N) is 1. The molecule has 0 saturated heterocycles. The Bertz CT molecular complexity index is 520. The fourth-order valence-electron chi connectivity index (χ4n) is 1.45. The minimum absolute atomic E-state index is 0.104. The maximum Gasteiger partial charge on any atom is 0.180 e. The predicted molar refractivity (Wildman–Crippen MR) is 66.8 cm³/mol. The van der Waals surface area contributed by atoms with Gasteiger partial charge in [-0.05, 0) is 0 Å². The molecule has 0 atom stereocenters. The number of aliphatic hydroxyl groups excluding tert-OH is 1. The van der Waals surface area contributed by atoms with Gasteiger partial charge in [0.25, 0.3) is 0 Å². The first-order valence-corrected chi connectivity index (χ1v) is 5.46. The summed E-state index contributed by atoms with van der Waals surface area (Å²) in [4.78, 5) is 8.42. The summed E-state index contributed by atoms with van der Waals surface area (Å²) in [6.45, 7) is 4.64. The summed E-state index contributed by atoms with van der Waals surface area (Å²) in [5.74, 6) is 1.07. The molecule has 2 aromatic heterocycles. The van der Waals surface area contributed by atoms with Gasteiger partial charge in [-0.2, -0.15) is 0 Å². The van der Waals surface area contributed by atoms with E-state index in [1.165, 1.54) is 0 Å². The van der Waals surface area contributed by atoms with E-state index in [-0.39, 0.29) is 12.0 Å². The van der Waals surface area contributed by atoms with Crippen molar-refractivity contribution in [3.05, 3.63) is 18.6 Å². The Morgan fingerprint density at radius 3 is 3.00 bits per heavy atom. The summed E-state index contributed by atoms with van der Waals surface area (Å²) < 4.78 is 1.82. The lowest BCUT2D eigenvalue weighted by Crippen LogP contribution is -2.27. The summed E-state index contributed by atoms with van der Waals surface area (Å²) in [6, 6.07) is 0. The van der Waals surface area contributed by atoms with Crippen LogP contribution in [0.25, 0.3) is 5.65 Å². The first-order chi connectivity index (χ1) is 8.02. The molecule has 2 rings (SSSR count). The second-order valence-electron chi connectivity index (χ2n) is 4.85. The molecule has 0 aromatic carbocycles. The molecule has 92 valence electrons. The van der Waals surface area contributed by atoms with Crippen LogP contribution >= 0.6 is 0 Å². The number of aromatic nitrogens is 3. The molecule has 0 fully saturated rings. The fraction of sp³-hybridized carbons (Fsp3) is 0.455. The van der Waals surface area contributed by atoms with Crippen LogP contribution in [0.5, 0.6) is 0 Å². The average molecular weight is 235 g/mol. The van der Waals surface area contributed by atoms with Crippen LogP contribution < -0.4 is 11.1 Å². The van der Waals surface area contributed by atoms with Gasteiger partial charge >= 0.3 is 0 Å². The Morgan fingerprint density at radius 2 is 2.29 bits per heavy atom. The van der Waals surface area contributed by atoms with E-state index in [0.29, 0.717) is 18.2 Å². The van der Waals surface area contributed by atoms with E-state index in [0.717, 1.165) is 5.65 Å². The van der Waals surface area contributed by atoms with Crippen LogP contribution in [0.1, 0.15) is 13.8 Å². The van der Waals surface area contributed by atoms with Gasteiger partial charge in [-0.15, -0.1) is 0 Å². The first kappa shape index (κ1) is 11.7. The Hall–Kier alpha value is -1.82. The number of nitrogens with one attached hydrogen (secondary N) is 1. The molecule has 2 aromatic rings. The van der Waals surface area contributed by atoms with Gasteiger partial charge in [0.2, 0.25) is 0 Å². The normalized spacial score (nSPS) is 11.9. The zero-order valence-electron chi connectivity index (χ0n) is 10.0. The average Bonchev–Trinajstić information content (AvgIpc) is 2.73. The minimum Gasteiger partial charge on any atom is -0.396 e. The van der Waals surface area contributed by atoms with E-state index in [2.05, 4.69) is 15.3 Å². The lowest BCUT2D eigenvalue weighted by Gasteiger charge is -2.22. The fourth-order valence-corrected chi connectivity index (χ4v) is 1.45. The summed E-state index contributed by atoms with van der Waals surface area (Å²) in [6.07, 6.45) is 5.22. The van der Waals surface area contributed by atoms with Crippen LogP contribution in [0.3, 0.4) is 0 Å². The van der Waals surface area contributed by atoms with E-state index in [4.69, 9.17) is 5.73 Å². The number of rotatable bonds is 4. The van der Waals surface area contributed by atoms with Crippen molar-refractivity contribution in [3.63, 3.8) is 0 Å². The van der Waals surface area contributed by atoms with Crippen molar-refractivity contribution >= 4 is 17.3 Å². The molecule has 6 heteroatoms. The number of fused-ring (bicyclic) bond motifs is 1. The molecule has 0 aliphatic heterocycles. The monoisotopic (exact) mass is 235 g/mol. The number of aliphatic hydroxyl groups is 1. The number of nitrogen functional groups attached to an aromatic ring is 1. The van der Waals surface area contributed by atoms with Crippen LogP contribution in [-0.4, -0.2) is 32.6 Å². The molecule has 0 aliphatic rings. The SMILES string of the molecule is CC(C)(CO)CNc1nc(N)cn2ccnc12. The van der Waals surface area contributed by atoms with Gasteiger partial charge in [-0.1, -0.05) is 13.8 Å². The lowest BCUT2D eigenvalue weighted by molar-refractivity contribution is 0.171. The van der Waals surface area contributed by atoms with E-state index in [1.807, 2.05) is 24.4 Å². The third-order valence-electron chi connectivity index (χ3n) is 2.56. The van der Waals surface area contributed by atoms with Crippen molar-refractivity contribution in [2.24, 2.45) is 5.41 Å². The molecule has 0 saturated carbocycles. The third-order valence-corrected chi connectivity index (χ3v) is 2.56. The van der Waals surface area contributed by atoms with Gasteiger partial charge in [-0.3, -0.25) is 0 Å². The maximum atomic E-state index is 9.19. The summed E-state index contributed by atoms with van der Waals surface area (Å²) in [7, 11) is 0. The van der Waals surface area contributed by atoms with Crippen LogP contribution in [-0.2, 0) is 0 Å². The van der Waals surface area contributed by atoms with Gasteiger partial charge < -0.3 is 20.6 Å². The molecule has 0 amide bonds. The number of anilines is 2. The topological polar surface area (TPSA) is 88.5 Å². The molecule has 4 N–H and O–H groups in total.